The van der Waals surface area contributed by atoms with Gasteiger partial charge in [-0.25, -0.2) is 9.98 Å². The Balaban J connectivity index is 0.00000280. The van der Waals surface area contributed by atoms with Gasteiger partial charge in [0.05, 0.1) is 6.54 Å². The maximum Gasteiger partial charge on any atom is 0.188 e. The Kier molecular flexibility index (Phi) is 9.42. The van der Waals surface area contributed by atoms with E-state index in [1.165, 1.54) is 0 Å². The smallest absolute Gasteiger partial charge is 0.188 e. The van der Waals surface area contributed by atoms with Crippen molar-refractivity contribution in [1.29, 1.82) is 0 Å². The third-order valence-electron chi connectivity index (χ3n) is 4.80. The third kappa shape index (κ3) is 6.90. The molecule has 2 aromatic heterocycles. The van der Waals surface area contributed by atoms with Crippen molar-refractivity contribution in [2.75, 3.05) is 44.2 Å². The third-order valence-corrected chi connectivity index (χ3v) is 4.80. The standard InChI is InChI=1S/C20H29N7.HI/c1-2-26-11-13-27(14-12-26)19-15-17(6-9-23-19)16-25-20(21)24-10-7-18-5-3-4-8-22-18;/h3-6,8-9,15H,2,7,10-14,16H2,1H3,(H3,21,24,25);1H. The molecule has 0 amide bonds. The molecule has 0 atom stereocenters. The minimum Gasteiger partial charge on any atom is -0.370 e. The van der Waals surface area contributed by atoms with E-state index in [4.69, 9.17) is 5.73 Å². The summed E-state index contributed by atoms with van der Waals surface area (Å²) < 4.78 is 0. The molecule has 0 spiro atoms. The maximum absolute atomic E-state index is 5.98. The molecule has 1 aliphatic rings. The second-order valence-electron chi connectivity index (χ2n) is 6.64. The summed E-state index contributed by atoms with van der Waals surface area (Å²) in [5.41, 5.74) is 8.14. The Hall–Kier alpha value is -1.94. The van der Waals surface area contributed by atoms with Crippen LogP contribution < -0.4 is 16.0 Å². The molecule has 152 valence electrons. The van der Waals surface area contributed by atoms with E-state index in [1.54, 1.807) is 6.20 Å². The maximum atomic E-state index is 5.98. The van der Waals surface area contributed by atoms with Crippen LogP contribution in [0.4, 0.5) is 5.82 Å². The first kappa shape index (κ1) is 22.4. The number of piperazine rings is 1. The molecular formula is C20H30IN7. The van der Waals surface area contributed by atoms with Crippen LogP contribution in [0.5, 0.6) is 0 Å². The lowest BCUT2D eigenvalue weighted by Gasteiger charge is -2.34. The van der Waals surface area contributed by atoms with Crippen LogP contribution in [0, 0.1) is 0 Å². The summed E-state index contributed by atoms with van der Waals surface area (Å²) in [7, 11) is 0. The van der Waals surface area contributed by atoms with Gasteiger partial charge in [0, 0.05) is 57.2 Å². The largest absolute Gasteiger partial charge is 0.370 e. The first-order valence-corrected chi connectivity index (χ1v) is 9.60. The lowest BCUT2D eigenvalue weighted by molar-refractivity contribution is 0.270. The van der Waals surface area contributed by atoms with E-state index in [0.29, 0.717) is 12.5 Å². The van der Waals surface area contributed by atoms with Crippen molar-refractivity contribution in [3.05, 3.63) is 54.0 Å². The van der Waals surface area contributed by atoms with Crippen LogP contribution in [0.1, 0.15) is 18.2 Å². The van der Waals surface area contributed by atoms with E-state index >= 15 is 0 Å². The van der Waals surface area contributed by atoms with E-state index in [9.17, 15) is 0 Å². The number of nitrogens with zero attached hydrogens (tertiary/aromatic N) is 5. The van der Waals surface area contributed by atoms with Crippen LogP contribution >= 0.6 is 24.0 Å². The number of halogens is 1. The molecule has 28 heavy (non-hydrogen) atoms. The van der Waals surface area contributed by atoms with Crippen LogP contribution in [0.3, 0.4) is 0 Å². The van der Waals surface area contributed by atoms with E-state index in [1.807, 2.05) is 30.5 Å². The SMILES string of the molecule is CCN1CCN(c2cc(CN=C(N)NCCc3ccccn3)ccn2)CC1.I. The van der Waals surface area contributed by atoms with E-state index in [-0.39, 0.29) is 24.0 Å². The van der Waals surface area contributed by atoms with Crippen molar-refractivity contribution >= 4 is 35.8 Å². The van der Waals surface area contributed by atoms with Crippen LogP contribution in [-0.2, 0) is 13.0 Å². The average Bonchev–Trinajstić information content (AvgIpc) is 2.73. The minimum atomic E-state index is 0. The molecule has 8 heteroatoms. The molecule has 0 saturated carbocycles. The fraction of sp³-hybridized carbons (Fsp3) is 0.450. The number of pyridine rings is 2. The predicted octanol–water partition coefficient (Wildman–Crippen LogP) is 1.88. The lowest BCUT2D eigenvalue weighted by atomic mass is 10.2. The first-order valence-electron chi connectivity index (χ1n) is 9.60. The Labute approximate surface area is 184 Å². The number of anilines is 1. The van der Waals surface area contributed by atoms with Gasteiger partial charge in [-0.15, -0.1) is 24.0 Å². The Morgan fingerprint density at radius 2 is 1.96 bits per heavy atom. The number of guanidine groups is 1. The number of aromatic nitrogens is 2. The van der Waals surface area contributed by atoms with Crippen molar-refractivity contribution in [1.82, 2.24) is 20.2 Å². The zero-order valence-electron chi connectivity index (χ0n) is 16.4. The molecule has 3 N–H and O–H groups in total. The summed E-state index contributed by atoms with van der Waals surface area (Å²) in [6.07, 6.45) is 4.48. The number of hydrogen-bond acceptors (Lipinski definition) is 5. The van der Waals surface area contributed by atoms with Crippen molar-refractivity contribution in [3.8, 4) is 0 Å². The number of rotatable bonds is 7. The zero-order chi connectivity index (χ0) is 18.9. The van der Waals surface area contributed by atoms with Gasteiger partial charge in [-0.05, 0) is 36.4 Å². The Morgan fingerprint density at radius 1 is 1.14 bits per heavy atom. The van der Waals surface area contributed by atoms with Crippen molar-refractivity contribution in [2.45, 2.75) is 19.9 Å². The first-order chi connectivity index (χ1) is 13.2. The van der Waals surface area contributed by atoms with Crippen molar-refractivity contribution in [2.24, 2.45) is 10.7 Å². The van der Waals surface area contributed by atoms with E-state index < -0.39 is 0 Å². The minimum absolute atomic E-state index is 0. The second-order valence-corrected chi connectivity index (χ2v) is 6.64. The van der Waals surface area contributed by atoms with Gasteiger partial charge < -0.3 is 20.9 Å². The summed E-state index contributed by atoms with van der Waals surface area (Å²) >= 11 is 0. The molecule has 0 unspecified atom stereocenters. The molecule has 1 fully saturated rings. The number of aliphatic imine (C=N–C) groups is 1. The number of nitrogens with two attached hydrogens (primary N) is 1. The average molecular weight is 495 g/mol. The van der Waals surface area contributed by atoms with E-state index in [0.717, 1.165) is 62.8 Å². The summed E-state index contributed by atoms with van der Waals surface area (Å²) in [6.45, 7) is 8.81. The molecule has 7 nitrogen and oxygen atoms in total. The Bertz CT molecular complexity index is 730. The molecule has 1 aliphatic heterocycles. The van der Waals surface area contributed by atoms with Gasteiger partial charge in [0.2, 0.25) is 0 Å². The summed E-state index contributed by atoms with van der Waals surface area (Å²) in [5.74, 6) is 1.49. The normalized spacial score (nSPS) is 15.2. The molecule has 0 radical (unpaired) electrons. The van der Waals surface area contributed by atoms with Gasteiger partial charge in [-0.3, -0.25) is 4.98 Å². The van der Waals surface area contributed by atoms with Crippen molar-refractivity contribution in [3.63, 3.8) is 0 Å². The molecule has 0 aliphatic carbocycles. The van der Waals surface area contributed by atoms with Gasteiger partial charge >= 0.3 is 0 Å². The fourth-order valence-electron chi connectivity index (χ4n) is 3.12. The fourth-order valence-corrected chi connectivity index (χ4v) is 3.12. The highest BCUT2D eigenvalue weighted by atomic mass is 127. The van der Waals surface area contributed by atoms with Gasteiger partial charge in [-0.1, -0.05) is 13.0 Å². The molecule has 0 bridgehead atoms. The highest BCUT2D eigenvalue weighted by Gasteiger charge is 2.16. The topological polar surface area (TPSA) is 82.7 Å². The predicted molar refractivity (Wildman–Crippen MR) is 125 cm³/mol. The van der Waals surface area contributed by atoms with Crippen LogP contribution in [0.2, 0.25) is 0 Å². The lowest BCUT2D eigenvalue weighted by Crippen LogP contribution is -2.46. The highest BCUT2D eigenvalue weighted by molar-refractivity contribution is 14.0. The molecular weight excluding hydrogens is 465 g/mol. The van der Waals surface area contributed by atoms with Crippen LogP contribution in [-0.4, -0.2) is 60.1 Å². The highest BCUT2D eigenvalue weighted by Crippen LogP contribution is 2.15. The number of nitrogens with one attached hydrogen (secondary N) is 1. The van der Waals surface area contributed by atoms with Gasteiger partial charge in [0.1, 0.15) is 5.82 Å². The Morgan fingerprint density at radius 3 is 2.68 bits per heavy atom. The van der Waals surface area contributed by atoms with Gasteiger partial charge in [-0.2, -0.15) is 0 Å². The zero-order valence-corrected chi connectivity index (χ0v) is 18.8. The van der Waals surface area contributed by atoms with E-state index in [2.05, 4.69) is 43.1 Å². The molecule has 2 aromatic rings. The molecule has 1 saturated heterocycles. The van der Waals surface area contributed by atoms with Crippen molar-refractivity contribution < 1.29 is 0 Å². The summed E-state index contributed by atoms with van der Waals surface area (Å²) in [5, 5.41) is 3.15. The second kappa shape index (κ2) is 11.8. The van der Waals surface area contributed by atoms with Crippen LogP contribution in [0.15, 0.2) is 47.7 Å². The molecule has 0 aromatic carbocycles. The van der Waals surface area contributed by atoms with Gasteiger partial charge in [0.15, 0.2) is 5.96 Å². The number of hydrogen-bond donors (Lipinski definition) is 2. The molecule has 3 heterocycles. The molecule has 3 rings (SSSR count). The monoisotopic (exact) mass is 495 g/mol. The number of likely N-dealkylation sites (N-methyl/N-ethyl adjacent to an activating group) is 1. The van der Waals surface area contributed by atoms with Crippen LogP contribution in [0.25, 0.3) is 0 Å². The van der Waals surface area contributed by atoms with Gasteiger partial charge in [0.25, 0.3) is 0 Å². The quantitative estimate of drug-likeness (QED) is 0.347. The summed E-state index contributed by atoms with van der Waals surface area (Å²) in [4.78, 5) is 18.1. The summed E-state index contributed by atoms with van der Waals surface area (Å²) in [6, 6.07) is 10.0.